The van der Waals surface area contributed by atoms with E-state index in [1.54, 1.807) is 6.08 Å². The molecule has 2 fully saturated rings. The van der Waals surface area contributed by atoms with Crippen molar-refractivity contribution < 1.29 is 5.11 Å². The number of hydrogen-bond donors (Lipinski definition) is 1. The normalized spacial score (nSPS) is 51.7. The van der Waals surface area contributed by atoms with E-state index in [1.807, 2.05) is 0 Å². The van der Waals surface area contributed by atoms with Crippen LogP contribution in [0.25, 0.3) is 0 Å². The van der Waals surface area contributed by atoms with Crippen LogP contribution in [0.2, 0.25) is 0 Å². The highest BCUT2D eigenvalue weighted by molar-refractivity contribution is 5.09. The van der Waals surface area contributed by atoms with Crippen LogP contribution in [0, 0.1) is 11.8 Å². The van der Waals surface area contributed by atoms with Gasteiger partial charge in [0.1, 0.15) is 0 Å². The molecule has 0 heterocycles. The van der Waals surface area contributed by atoms with Crippen molar-refractivity contribution in [2.24, 2.45) is 11.8 Å². The average molecular weight is 138 g/mol. The van der Waals surface area contributed by atoms with Crippen molar-refractivity contribution in [3.63, 3.8) is 0 Å². The average Bonchev–Trinajstić information content (AvgIpc) is 2.46. The third-order valence-corrected chi connectivity index (χ3v) is 3.22. The number of aliphatic hydroxyl groups is 1. The molecule has 0 aromatic heterocycles. The van der Waals surface area contributed by atoms with Crippen LogP contribution in [0.1, 0.15) is 25.7 Å². The first-order chi connectivity index (χ1) is 4.74. The molecule has 2 saturated carbocycles. The molecule has 1 heteroatoms. The zero-order chi connectivity index (χ0) is 7.19. The van der Waals surface area contributed by atoms with Crippen LogP contribution >= 0.6 is 0 Å². The van der Waals surface area contributed by atoms with Crippen molar-refractivity contribution >= 4 is 0 Å². The summed E-state index contributed by atoms with van der Waals surface area (Å²) in [5.41, 5.74) is -0.483. The lowest BCUT2D eigenvalue weighted by Gasteiger charge is -2.28. The van der Waals surface area contributed by atoms with Gasteiger partial charge in [0.15, 0.2) is 0 Å². The van der Waals surface area contributed by atoms with Crippen LogP contribution in [0.15, 0.2) is 12.7 Å². The molecule has 2 rings (SSSR count). The van der Waals surface area contributed by atoms with Gasteiger partial charge in [-0.05, 0) is 37.5 Å². The molecule has 0 saturated heterocycles. The molecule has 1 nitrogen and oxygen atoms in total. The lowest BCUT2D eigenvalue weighted by atomic mass is 9.84. The molecule has 2 aliphatic rings. The van der Waals surface area contributed by atoms with Gasteiger partial charge >= 0.3 is 0 Å². The molecule has 0 aliphatic heterocycles. The SMILES string of the molecule is C=CC1(O)CC2CCC1C2. The van der Waals surface area contributed by atoms with Crippen molar-refractivity contribution in [2.75, 3.05) is 0 Å². The van der Waals surface area contributed by atoms with Gasteiger partial charge < -0.3 is 5.11 Å². The number of hydrogen-bond acceptors (Lipinski definition) is 1. The summed E-state index contributed by atoms with van der Waals surface area (Å²) >= 11 is 0. The topological polar surface area (TPSA) is 20.2 Å². The van der Waals surface area contributed by atoms with Crippen molar-refractivity contribution in [3.05, 3.63) is 12.7 Å². The third-order valence-electron chi connectivity index (χ3n) is 3.22. The molecular weight excluding hydrogens is 124 g/mol. The lowest BCUT2D eigenvalue weighted by Crippen LogP contribution is -2.32. The maximum atomic E-state index is 9.87. The molecule has 2 bridgehead atoms. The van der Waals surface area contributed by atoms with E-state index in [1.165, 1.54) is 19.3 Å². The summed E-state index contributed by atoms with van der Waals surface area (Å²) in [5.74, 6) is 1.34. The van der Waals surface area contributed by atoms with E-state index in [-0.39, 0.29) is 0 Å². The van der Waals surface area contributed by atoms with Gasteiger partial charge in [0.05, 0.1) is 5.60 Å². The van der Waals surface area contributed by atoms with E-state index in [4.69, 9.17) is 0 Å². The molecule has 1 N–H and O–H groups in total. The number of rotatable bonds is 1. The Balaban J connectivity index is 2.21. The quantitative estimate of drug-likeness (QED) is 0.547. The van der Waals surface area contributed by atoms with E-state index < -0.39 is 5.60 Å². The standard InChI is InChI=1S/C9H14O/c1-2-9(10)6-7-3-4-8(9)5-7/h2,7-8,10H,1,3-6H2. The summed E-state index contributed by atoms with van der Waals surface area (Å²) in [6.45, 7) is 3.68. The van der Waals surface area contributed by atoms with Crippen LogP contribution in [-0.4, -0.2) is 10.7 Å². The first-order valence-corrected chi connectivity index (χ1v) is 4.10. The van der Waals surface area contributed by atoms with E-state index in [0.29, 0.717) is 5.92 Å². The molecule has 56 valence electrons. The fourth-order valence-corrected chi connectivity index (χ4v) is 2.59. The lowest BCUT2D eigenvalue weighted by molar-refractivity contribution is 0.0344. The largest absolute Gasteiger partial charge is 0.386 e. The summed E-state index contributed by atoms with van der Waals surface area (Å²) in [7, 11) is 0. The Labute approximate surface area is 61.8 Å². The van der Waals surface area contributed by atoms with Gasteiger partial charge in [-0.15, -0.1) is 6.58 Å². The molecule has 3 atom stereocenters. The Morgan fingerprint density at radius 2 is 2.30 bits per heavy atom. The highest BCUT2D eigenvalue weighted by atomic mass is 16.3. The van der Waals surface area contributed by atoms with Gasteiger partial charge in [0, 0.05) is 0 Å². The zero-order valence-electron chi connectivity index (χ0n) is 6.21. The van der Waals surface area contributed by atoms with Crippen LogP contribution < -0.4 is 0 Å². The second-order valence-corrected chi connectivity index (χ2v) is 3.78. The Hall–Kier alpha value is -0.300. The monoisotopic (exact) mass is 138 g/mol. The minimum Gasteiger partial charge on any atom is -0.386 e. The summed E-state index contributed by atoms with van der Waals surface area (Å²) in [6, 6.07) is 0. The summed E-state index contributed by atoms with van der Waals surface area (Å²) in [6.07, 6.45) is 6.51. The Kier molecular flexibility index (Phi) is 1.19. The van der Waals surface area contributed by atoms with Crippen molar-refractivity contribution in [1.82, 2.24) is 0 Å². The molecule has 0 radical (unpaired) electrons. The van der Waals surface area contributed by atoms with Gasteiger partial charge in [-0.25, -0.2) is 0 Å². The summed E-state index contributed by atoms with van der Waals surface area (Å²) in [4.78, 5) is 0. The molecule has 2 aliphatic carbocycles. The Morgan fingerprint density at radius 3 is 2.60 bits per heavy atom. The summed E-state index contributed by atoms with van der Waals surface area (Å²) < 4.78 is 0. The van der Waals surface area contributed by atoms with Gasteiger partial charge in [-0.3, -0.25) is 0 Å². The van der Waals surface area contributed by atoms with Crippen LogP contribution in [0.4, 0.5) is 0 Å². The van der Waals surface area contributed by atoms with E-state index >= 15 is 0 Å². The second-order valence-electron chi connectivity index (χ2n) is 3.78. The zero-order valence-corrected chi connectivity index (χ0v) is 6.21. The van der Waals surface area contributed by atoms with Crippen LogP contribution in [0.3, 0.4) is 0 Å². The maximum Gasteiger partial charge on any atom is 0.0855 e. The molecule has 10 heavy (non-hydrogen) atoms. The minimum absolute atomic E-state index is 0.483. The van der Waals surface area contributed by atoms with Crippen LogP contribution in [0.5, 0.6) is 0 Å². The molecule has 0 aromatic rings. The van der Waals surface area contributed by atoms with E-state index in [9.17, 15) is 5.11 Å². The van der Waals surface area contributed by atoms with Gasteiger partial charge in [0.2, 0.25) is 0 Å². The molecule has 0 spiro atoms. The Bertz CT molecular complexity index is 164. The fourth-order valence-electron chi connectivity index (χ4n) is 2.59. The molecule has 3 unspecified atom stereocenters. The highest BCUT2D eigenvalue weighted by Gasteiger charge is 2.47. The predicted octanol–water partition coefficient (Wildman–Crippen LogP) is 1.72. The molecular formula is C9H14O. The fraction of sp³-hybridized carbons (Fsp3) is 0.778. The summed E-state index contributed by atoms with van der Waals surface area (Å²) in [5, 5.41) is 9.87. The van der Waals surface area contributed by atoms with Crippen molar-refractivity contribution in [1.29, 1.82) is 0 Å². The van der Waals surface area contributed by atoms with Crippen molar-refractivity contribution in [2.45, 2.75) is 31.3 Å². The minimum atomic E-state index is -0.483. The molecule has 0 aromatic carbocycles. The van der Waals surface area contributed by atoms with Crippen molar-refractivity contribution in [3.8, 4) is 0 Å². The Morgan fingerprint density at radius 1 is 1.50 bits per heavy atom. The van der Waals surface area contributed by atoms with E-state index in [2.05, 4.69) is 6.58 Å². The van der Waals surface area contributed by atoms with Gasteiger partial charge in [-0.1, -0.05) is 6.08 Å². The third kappa shape index (κ3) is 0.671. The second kappa shape index (κ2) is 1.85. The maximum absolute atomic E-state index is 9.87. The van der Waals surface area contributed by atoms with E-state index in [0.717, 1.165) is 12.3 Å². The van der Waals surface area contributed by atoms with Crippen LogP contribution in [-0.2, 0) is 0 Å². The van der Waals surface area contributed by atoms with Gasteiger partial charge in [0.25, 0.3) is 0 Å². The molecule has 0 amide bonds. The van der Waals surface area contributed by atoms with Gasteiger partial charge in [-0.2, -0.15) is 0 Å². The number of fused-ring (bicyclic) bond motifs is 2. The first kappa shape index (κ1) is 6.41. The smallest absolute Gasteiger partial charge is 0.0855 e. The first-order valence-electron chi connectivity index (χ1n) is 4.10. The highest BCUT2D eigenvalue weighted by Crippen LogP contribution is 2.51. The predicted molar refractivity (Wildman–Crippen MR) is 40.6 cm³/mol.